The third-order valence-electron chi connectivity index (χ3n) is 4.39. The number of aliphatic hydroxyl groups excluding tert-OH is 1. The molecule has 1 aromatic carbocycles. The molecular weight excluding hydrogens is 314 g/mol. The van der Waals surface area contributed by atoms with Crippen LogP contribution in [0.1, 0.15) is 15.9 Å². The molecule has 1 aliphatic heterocycles. The Morgan fingerprint density at radius 1 is 1.35 bits per heavy atom. The molecule has 0 aromatic heterocycles. The maximum Gasteiger partial charge on any atom is 0.254 e. The van der Waals surface area contributed by atoms with Crippen molar-refractivity contribution in [3.05, 3.63) is 34.3 Å². The summed E-state index contributed by atoms with van der Waals surface area (Å²) in [6.45, 7) is 6.70. The van der Waals surface area contributed by atoms with Gasteiger partial charge in [-0.3, -0.25) is 9.69 Å². The van der Waals surface area contributed by atoms with Gasteiger partial charge in [-0.25, -0.2) is 0 Å². The van der Waals surface area contributed by atoms with E-state index in [0.717, 1.165) is 31.7 Å². The van der Waals surface area contributed by atoms with Crippen LogP contribution in [0.25, 0.3) is 0 Å². The van der Waals surface area contributed by atoms with Crippen molar-refractivity contribution < 1.29 is 9.90 Å². The molecule has 0 spiro atoms. The van der Waals surface area contributed by atoms with E-state index in [2.05, 4.69) is 16.8 Å². The number of aliphatic hydroxyl groups is 1. The zero-order chi connectivity index (χ0) is 17.0. The summed E-state index contributed by atoms with van der Waals surface area (Å²) in [6, 6.07) is 5.32. The molecular formula is C17H26ClN3O2. The Morgan fingerprint density at radius 3 is 2.65 bits per heavy atom. The Kier molecular flexibility index (Phi) is 6.41. The smallest absolute Gasteiger partial charge is 0.254 e. The second kappa shape index (κ2) is 8.11. The van der Waals surface area contributed by atoms with Crippen LogP contribution in [0.4, 0.5) is 0 Å². The van der Waals surface area contributed by atoms with Gasteiger partial charge in [0.1, 0.15) is 0 Å². The summed E-state index contributed by atoms with van der Waals surface area (Å²) in [7, 11) is 3.82. The first kappa shape index (κ1) is 18.2. The lowest BCUT2D eigenvalue weighted by molar-refractivity contribution is 0.0501. The van der Waals surface area contributed by atoms with Gasteiger partial charge in [-0.2, -0.15) is 0 Å². The number of carbonyl (C=O) groups excluding carboxylic acids is 1. The standard InChI is InChI=1S/C17H26ClN3O2/c1-13-15(5-4-6-16(13)18)17(23)20(3)11-14(22)12-21-9-7-19(2)8-10-21/h4-6,14,22H,7-12H2,1-3H3/t14-/m0/s1. The molecule has 1 amide bonds. The molecule has 0 bridgehead atoms. The van der Waals surface area contributed by atoms with Gasteiger partial charge in [0.05, 0.1) is 6.10 Å². The topological polar surface area (TPSA) is 47.0 Å². The van der Waals surface area contributed by atoms with Crippen molar-refractivity contribution in [2.24, 2.45) is 0 Å². The summed E-state index contributed by atoms with van der Waals surface area (Å²) < 4.78 is 0. The van der Waals surface area contributed by atoms with Crippen LogP contribution in [0.2, 0.25) is 5.02 Å². The van der Waals surface area contributed by atoms with Crippen LogP contribution in [0.3, 0.4) is 0 Å². The predicted molar refractivity (Wildman–Crippen MR) is 93.1 cm³/mol. The Balaban J connectivity index is 1.89. The Bertz CT molecular complexity index is 545. The lowest BCUT2D eigenvalue weighted by atomic mass is 10.1. The second-order valence-electron chi connectivity index (χ2n) is 6.36. The number of benzene rings is 1. The maximum absolute atomic E-state index is 12.5. The third kappa shape index (κ3) is 4.91. The zero-order valence-electron chi connectivity index (χ0n) is 14.1. The van der Waals surface area contributed by atoms with Gasteiger partial charge in [-0.1, -0.05) is 17.7 Å². The van der Waals surface area contributed by atoms with Gasteiger partial charge in [-0.15, -0.1) is 0 Å². The summed E-state index contributed by atoms with van der Waals surface area (Å²) in [5, 5.41) is 10.9. The van der Waals surface area contributed by atoms with E-state index in [1.807, 2.05) is 6.92 Å². The number of hydrogen-bond acceptors (Lipinski definition) is 4. The number of rotatable bonds is 5. The monoisotopic (exact) mass is 339 g/mol. The number of halogens is 1. The minimum atomic E-state index is -0.549. The van der Waals surface area contributed by atoms with Crippen LogP contribution >= 0.6 is 11.6 Å². The highest BCUT2D eigenvalue weighted by Gasteiger charge is 2.21. The summed E-state index contributed by atoms with van der Waals surface area (Å²) in [5.41, 5.74) is 1.37. The number of hydrogen-bond donors (Lipinski definition) is 1. The van der Waals surface area contributed by atoms with E-state index in [1.54, 1.807) is 30.1 Å². The van der Waals surface area contributed by atoms with E-state index < -0.39 is 6.10 Å². The van der Waals surface area contributed by atoms with Crippen molar-refractivity contribution in [1.29, 1.82) is 0 Å². The number of carbonyl (C=O) groups is 1. The fraction of sp³-hybridized carbons (Fsp3) is 0.588. The minimum Gasteiger partial charge on any atom is -0.390 e. The average molecular weight is 340 g/mol. The fourth-order valence-corrected chi connectivity index (χ4v) is 3.00. The largest absolute Gasteiger partial charge is 0.390 e. The predicted octanol–water partition coefficient (Wildman–Crippen LogP) is 1.33. The van der Waals surface area contributed by atoms with Gasteiger partial charge >= 0.3 is 0 Å². The lowest BCUT2D eigenvalue weighted by Crippen LogP contribution is -2.49. The average Bonchev–Trinajstić information content (AvgIpc) is 2.51. The van der Waals surface area contributed by atoms with Crippen molar-refractivity contribution in [2.75, 3.05) is 53.4 Å². The molecule has 2 rings (SSSR count). The van der Waals surface area contributed by atoms with E-state index in [-0.39, 0.29) is 5.91 Å². The number of piperazine rings is 1. The molecule has 6 heteroatoms. The highest BCUT2D eigenvalue weighted by molar-refractivity contribution is 6.31. The van der Waals surface area contributed by atoms with Gasteiger partial charge in [-0.05, 0) is 31.7 Å². The van der Waals surface area contributed by atoms with Crippen molar-refractivity contribution in [3.63, 3.8) is 0 Å². The van der Waals surface area contributed by atoms with Crippen molar-refractivity contribution in [1.82, 2.24) is 14.7 Å². The van der Waals surface area contributed by atoms with Crippen molar-refractivity contribution >= 4 is 17.5 Å². The molecule has 1 fully saturated rings. The van der Waals surface area contributed by atoms with Crippen LogP contribution in [0.15, 0.2) is 18.2 Å². The first-order chi connectivity index (χ1) is 10.9. The fourth-order valence-electron chi connectivity index (χ4n) is 2.83. The summed E-state index contributed by atoms with van der Waals surface area (Å²) in [4.78, 5) is 18.6. The molecule has 0 saturated carbocycles. The first-order valence-corrected chi connectivity index (χ1v) is 8.36. The van der Waals surface area contributed by atoms with Gasteiger partial charge < -0.3 is 14.9 Å². The van der Waals surface area contributed by atoms with Crippen LogP contribution in [-0.4, -0.2) is 85.2 Å². The molecule has 0 radical (unpaired) electrons. The first-order valence-electron chi connectivity index (χ1n) is 7.98. The zero-order valence-corrected chi connectivity index (χ0v) is 14.9. The van der Waals surface area contributed by atoms with Gasteiger partial charge in [0, 0.05) is 56.9 Å². The second-order valence-corrected chi connectivity index (χ2v) is 6.76. The summed E-state index contributed by atoms with van der Waals surface area (Å²) in [6.07, 6.45) is -0.549. The van der Waals surface area contributed by atoms with E-state index in [9.17, 15) is 9.90 Å². The maximum atomic E-state index is 12.5. The highest BCUT2D eigenvalue weighted by Crippen LogP contribution is 2.20. The summed E-state index contributed by atoms with van der Waals surface area (Å²) in [5.74, 6) is -0.109. The van der Waals surface area contributed by atoms with Crippen molar-refractivity contribution in [2.45, 2.75) is 13.0 Å². The quantitative estimate of drug-likeness (QED) is 0.879. The van der Waals surface area contributed by atoms with Crippen LogP contribution in [0, 0.1) is 6.92 Å². The Labute approximate surface area is 143 Å². The number of nitrogens with zero attached hydrogens (tertiary/aromatic N) is 3. The summed E-state index contributed by atoms with van der Waals surface area (Å²) >= 11 is 6.08. The molecule has 0 unspecified atom stereocenters. The van der Waals surface area contributed by atoms with Gasteiger partial charge in [0.2, 0.25) is 0 Å². The molecule has 0 aliphatic carbocycles. The van der Waals surface area contributed by atoms with Crippen LogP contribution in [0.5, 0.6) is 0 Å². The molecule has 1 saturated heterocycles. The Morgan fingerprint density at radius 2 is 2.00 bits per heavy atom. The van der Waals surface area contributed by atoms with E-state index >= 15 is 0 Å². The van der Waals surface area contributed by atoms with E-state index in [1.165, 1.54) is 0 Å². The number of amides is 1. The molecule has 128 valence electrons. The molecule has 23 heavy (non-hydrogen) atoms. The van der Waals surface area contributed by atoms with E-state index in [4.69, 9.17) is 11.6 Å². The SMILES string of the molecule is Cc1c(Cl)cccc1C(=O)N(C)C[C@H](O)CN1CCN(C)CC1. The molecule has 1 atom stereocenters. The number of β-amino-alcohol motifs (C(OH)–C–C–N with tert-alkyl or cyclic N) is 1. The molecule has 5 nitrogen and oxygen atoms in total. The van der Waals surface area contributed by atoms with Crippen molar-refractivity contribution in [3.8, 4) is 0 Å². The van der Waals surface area contributed by atoms with Crippen LogP contribution < -0.4 is 0 Å². The van der Waals surface area contributed by atoms with E-state index in [0.29, 0.717) is 23.7 Å². The highest BCUT2D eigenvalue weighted by atomic mass is 35.5. The molecule has 1 N–H and O–H groups in total. The molecule has 1 aromatic rings. The lowest BCUT2D eigenvalue weighted by Gasteiger charge is -2.34. The normalized spacial score (nSPS) is 18.0. The van der Waals surface area contributed by atoms with Crippen LogP contribution in [-0.2, 0) is 0 Å². The molecule has 1 heterocycles. The molecule has 1 aliphatic rings. The third-order valence-corrected chi connectivity index (χ3v) is 4.80. The van der Waals surface area contributed by atoms with Gasteiger partial charge in [0.25, 0.3) is 5.91 Å². The number of likely N-dealkylation sites (N-methyl/N-ethyl adjacent to an activating group) is 2. The van der Waals surface area contributed by atoms with Gasteiger partial charge in [0.15, 0.2) is 0 Å². The minimum absolute atomic E-state index is 0.109. The Hall–Kier alpha value is -1.14.